The van der Waals surface area contributed by atoms with Crippen LogP contribution in [0, 0.1) is 0 Å². The molecule has 0 aliphatic rings. The fraction of sp³-hybridized carbons (Fsp3) is 0.278. The van der Waals surface area contributed by atoms with E-state index in [0.717, 1.165) is 10.6 Å². The lowest BCUT2D eigenvalue weighted by Crippen LogP contribution is -2.45. The van der Waals surface area contributed by atoms with Crippen LogP contribution in [-0.4, -0.2) is 40.8 Å². The van der Waals surface area contributed by atoms with Gasteiger partial charge in [0.1, 0.15) is 17.5 Å². The number of ether oxygens (including phenoxy) is 2. The summed E-state index contributed by atoms with van der Waals surface area (Å²) in [4.78, 5) is 12.8. The lowest BCUT2D eigenvalue weighted by atomic mass is 10.2. The van der Waals surface area contributed by atoms with E-state index >= 15 is 0 Å². The van der Waals surface area contributed by atoms with Crippen molar-refractivity contribution in [2.45, 2.75) is 13.0 Å². The molecule has 28 heavy (non-hydrogen) atoms. The molecular formula is C18H20Cl2N2O5S. The van der Waals surface area contributed by atoms with Crippen LogP contribution in [0.2, 0.25) is 10.0 Å². The molecule has 0 bridgehead atoms. The molecule has 1 unspecified atom stereocenters. The molecule has 0 aliphatic heterocycles. The van der Waals surface area contributed by atoms with Gasteiger partial charge in [0, 0.05) is 11.8 Å². The molecule has 2 aromatic rings. The van der Waals surface area contributed by atoms with Crippen LogP contribution in [0.25, 0.3) is 0 Å². The van der Waals surface area contributed by atoms with E-state index in [4.69, 9.17) is 32.7 Å². The number of nitrogens with one attached hydrogen (secondary N) is 1. The summed E-state index contributed by atoms with van der Waals surface area (Å²) in [6, 6.07) is 8.16. The molecule has 152 valence electrons. The van der Waals surface area contributed by atoms with Crippen LogP contribution >= 0.6 is 23.2 Å². The third-order valence-electron chi connectivity index (χ3n) is 3.90. The van der Waals surface area contributed by atoms with E-state index in [9.17, 15) is 13.2 Å². The Kier molecular flexibility index (Phi) is 7.03. The van der Waals surface area contributed by atoms with Gasteiger partial charge in [-0.25, -0.2) is 8.42 Å². The minimum atomic E-state index is -3.84. The number of methoxy groups -OCH3 is 2. The van der Waals surface area contributed by atoms with Gasteiger partial charge in [0.15, 0.2) is 0 Å². The maximum atomic E-state index is 12.8. The Morgan fingerprint density at radius 2 is 1.75 bits per heavy atom. The van der Waals surface area contributed by atoms with Crippen molar-refractivity contribution in [1.29, 1.82) is 0 Å². The molecule has 0 fully saturated rings. The highest BCUT2D eigenvalue weighted by Crippen LogP contribution is 2.35. The maximum absolute atomic E-state index is 12.8. The molecule has 0 saturated carbocycles. The van der Waals surface area contributed by atoms with Gasteiger partial charge in [-0.05, 0) is 37.3 Å². The molecule has 1 N–H and O–H groups in total. The molecule has 0 heterocycles. The molecule has 0 spiro atoms. The summed E-state index contributed by atoms with van der Waals surface area (Å²) >= 11 is 11.8. The number of benzene rings is 2. The van der Waals surface area contributed by atoms with Crippen LogP contribution in [0.4, 0.5) is 11.4 Å². The largest absolute Gasteiger partial charge is 0.497 e. The van der Waals surface area contributed by atoms with Crippen molar-refractivity contribution in [2.75, 3.05) is 30.1 Å². The maximum Gasteiger partial charge on any atom is 0.247 e. The zero-order valence-electron chi connectivity index (χ0n) is 15.7. The molecule has 1 atom stereocenters. The van der Waals surface area contributed by atoms with Crippen molar-refractivity contribution in [3.05, 3.63) is 46.4 Å². The van der Waals surface area contributed by atoms with E-state index in [2.05, 4.69) is 5.32 Å². The summed E-state index contributed by atoms with van der Waals surface area (Å²) in [6.07, 6.45) is 1.01. The van der Waals surface area contributed by atoms with Crippen molar-refractivity contribution in [3.63, 3.8) is 0 Å². The van der Waals surface area contributed by atoms with Gasteiger partial charge in [-0.2, -0.15) is 0 Å². The minimum absolute atomic E-state index is 0.182. The average molecular weight is 447 g/mol. The fourth-order valence-electron chi connectivity index (χ4n) is 2.57. The first-order valence-electron chi connectivity index (χ1n) is 8.05. The van der Waals surface area contributed by atoms with Crippen molar-refractivity contribution in [1.82, 2.24) is 0 Å². The molecule has 0 radical (unpaired) electrons. The highest BCUT2D eigenvalue weighted by Gasteiger charge is 2.31. The van der Waals surface area contributed by atoms with Crippen molar-refractivity contribution in [3.8, 4) is 11.5 Å². The average Bonchev–Trinajstić information content (AvgIpc) is 2.63. The summed E-state index contributed by atoms with van der Waals surface area (Å²) in [7, 11) is -0.973. The first-order chi connectivity index (χ1) is 13.1. The Bertz CT molecular complexity index is 982. The first-order valence-corrected chi connectivity index (χ1v) is 10.7. The Morgan fingerprint density at radius 1 is 1.07 bits per heavy atom. The smallest absolute Gasteiger partial charge is 0.247 e. The van der Waals surface area contributed by atoms with Gasteiger partial charge in [-0.15, -0.1) is 0 Å². The number of nitrogens with zero attached hydrogens (tertiary/aromatic N) is 1. The molecule has 0 saturated heterocycles. The van der Waals surface area contributed by atoms with E-state index in [1.165, 1.54) is 39.3 Å². The molecule has 7 nitrogen and oxygen atoms in total. The Morgan fingerprint density at radius 3 is 2.29 bits per heavy atom. The van der Waals surface area contributed by atoms with Crippen LogP contribution in [-0.2, 0) is 14.8 Å². The summed E-state index contributed by atoms with van der Waals surface area (Å²) in [6.45, 7) is 1.47. The molecule has 0 aromatic heterocycles. The quantitative estimate of drug-likeness (QED) is 0.698. The van der Waals surface area contributed by atoms with Gasteiger partial charge < -0.3 is 14.8 Å². The molecular weight excluding hydrogens is 427 g/mol. The number of halogens is 2. The number of carbonyl (C=O) groups excluding carboxylic acids is 1. The van der Waals surface area contributed by atoms with E-state index in [1.54, 1.807) is 18.2 Å². The highest BCUT2D eigenvalue weighted by molar-refractivity contribution is 7.92. The highest BCUT2D eigenvalue weighted by atomic mass is 35.5. The number of amides is 1. The van der Waals surface area contributed by atoms with E-state index in [-0.39, 0.29) is 16.5 Å². The lowest BCUT2D eigenvalue weighted by molar-refractivity contribution is -0.116. The van der Waals surface area contributed by atoms with Crippen LogP contribution in [0.1, 0.15) is 6.92 Å². The van der Waals surface area contributed by atoms with Gasteiger partial charge in [0.2, 0.25) is 15.9 Å². The van der Waals surface area contributed by atoms with Gasteiger partial charge >= 0.3 is 0 Å². The normalized spacial score (nSPS) is 12.2. The number of hydrogen-bond acceptors (Lipinski definition) is 5. The van der Waals surface area contributed by atoms with Crippen molar-refractivity contribution < 1.29 is 22.7 Å². The topological polar surface area (TPSA) is 84.9 Å². The summed E-state index contributed by atoms with van der Waals surface area (Å²) in [5, 5.41) is 3.24. The van der Waals surface area contributed by atoms with Crippen molar-refractivity contribution in [2.24, 2.45) is 0 Å². The van der Waals surface area contributed by atoms with E-state index < -0.39 is 22.0 Å². The predicted molar refractivity (Wildman–Crippen MR) is 111 cm³/mol. The monoisotopic (exact) mass is 446 g/mol. The molecule has 0 aliphatic carbocycles. The van der Waals surface area contributed by atoms with Crippen LogP contribution in [0.3, 0.4) is 0 Å². The van der Waals surface area contributed by atoms with E-state index in [1.807, 2.05) is 0 Å². The number of anilines is 2. The van der Waals surface area contributed by atoms with Gasteiger partial charge in [-0.1, -0.05) is 23.2 Å². The lowest BCUT2D eigenvalue weighted by Gasteiger charge is -2.29. The minimum Gasteiger partial charge on any atom is -0.497 e. The summed E-state index contributed by atoms with van der Waals surface area (Å²) < 4.78 is 36.4. The third-order valence-corrected chi connectivity index (χ3v) is 5.87. The Balaban J connectivity index is 2.43. The van der Waals surface area contributed by atoms with Crippen LogP contribution in [0.5, 0.6) is 11.5 Å². The molecule has 1 amide bonds. The number of carbonyl (C=O) groups is 1. The molecule has 2 aromatic carbocycles. The second kappa shape index (κ2) is 8.89. The van der Waals surface area contributed by atoms with Gasteiger partial charge in [0.05, 0.1) is 36.2 Å². The molecule has 10 heteroatoms. The second-order valence-electron chi connectivity index (χ2n) is 5.89. The number of rotatable bonds is 7. The zero-order valence-corrected chi connectivity index (χ0v) is 18.0. The number of sulfonamides is 1. The van der Waals surface area contributed by atoms with Gasteiger partial charge in [0.25, 0.3) is 0 Å². The Hall–Kier alpha value is -2.16. The second-order valence-corrected chi connectivity index (χ2v) is 8.56. The SMILES string of the molecule is COc1ccc(OC)c(N(C(C)C(=O)Nc2ccc(Cl)c(Cl)c2)S(C)(=O)=O)c1. The summed E-state index contributed by atoms with van der Waals surface area (Å²) in [5.41, 5.74) is 0.568. The molecule has 2 rings (SSSR count). The van der Waals surface area contributed by atoms with Gasteiger partial charge in [-0.3, -0.25) is 9.10 Å². The standard InChI is InChI=1S/C18H20Cl2N2O5S/c1-11(18(23)21-12-5-7-14(19)15(20)9-12)22(28(4,24)25)16-10-13(26-2)6-8-17(16)27-3/h5-11H,1-4H3,(H,21,23). The Labute approximate surface area is 174 Å². The predicted octanol–water partition coefficient (Wildman–Crippen LogP) is 3.80. The number of hydrogen-bond donors (Lipinski definition) is 1. The van der Waals surface area contributed by atoms with E-state index in [0.29, 0.717) is 16.5 Å². The van der Waals surface area contributed by atoms with Crippen molar-refractivity contribution >= 4 is 50.5 Å². The van der Waals surface area contributed by atoms with Crippen LogP contribution < -0.4 is 19.1 Å². The third kappa shape index (κ3) is 5.01. The van der Waals surface area contributed by atoms with Crippen LogP contribution in [0.15, 0.2) is 36.4 Å². The first kappa shape index (κ1) is 22.1. The summed E-state index contributed by atoms with van der Waals surface area (Å²) in [5.74, 6) is 0.135. The zero-order chi connectivity index (χ0) is 21.1. The fourth-order valence-corrected chi connectivity index (χ4v) is 4.04.